The standard InChI is InChI=1S/C26H34FN7O2/c1-14-9-18(32-34-13-15(2)31-24(14)34)16-10-19(35)22(30-12-16)17(28)7-8-21(29)36-20-11-25(3,4)33-26(5,6)23(20)27/h7-10,12-13,20,23,33,35H,11,28-29H2,1-6H3/b17-7-,21-8+/t20-,23-/m0/s1. The Kier molecular flexibility index (Phi) is 6.42. The van der Waals surface area contributed by atoms with Crippen molar-refractivity contribution in [3.63, 3.8) is 0 Å². The van der Waals surface area contributed by atoms with E-state index in [2.05, 4.69) is 20.4 Å². The molecule has 0 aromatic carbocycles. The summed E-state index contributed by atoms with van der Waals surface area (Å²) in [5, 5.41) is 18.5. The summed E-state index contributed by atoms with van der Waals surface area (Å²) in [6, 6.07) is 3.44. The number of pyridine rings is 1. The molecular formula is C26H34FN7O2. The van der Waals surface area contributed by atoms with Crippen LogP contribution in [0.4, 0.5) is 4.39 Å². The SMILES string of the molecule is Cc1cn2nc(-c3cnc(/C(N)=C/C=C(\N)O[C@H]4CC(C)(C)NC(C)(C)[C@H]4F)c(O)c3)cc(C)c2n1. The van der Waals surface area contributed by atoms with Crippen LogP contribution in [-0.4, -0.2) is 48.0 Å². The topological polar surface area (TPSA) is 137 Å². The van der Waals surface area contributed by atoms with Crippen LogP contribution in [0, 0.1) is 13.8 Å². The summed E-state index contributed by atoms with van der Waals surface area (Å²) in [6.45, 7) is 11.5. The number of hydrogen-bond acceptors (Lipinski definition) is 8. The van der Waals surface area contributed by atoms with Crippen molar-refractivity contribution in [2.24, 2.45) is 11.5 Å². The molecule has 3 aromatic heterocycles. The van der Waals surface area contributed by atoms with E-state index in [-0.39, 0.29) is 28.6 Å². The van der Waals surface area contributed by atoms with Gasteiger partial charge in [0.05, 0.1) is 23.3 Å². The highest BCUT2D eigenvalue weighted by Gasteiger charge is 2.47. The largest absolute Gasteiger partial charge is 0.506 e. The molecule has 36 heavy (non-hydrogen) atoms. The lowest BCUT2D eigenvalue weighted by Gasteiger charge is -2.48. The van der Waals surface area contributed by atoms with Crippen molar-refractivity contribution in [3.05, 3.63) is 59.5 Å². The highest BCUT2D eigenvalue weighted by atomic mass is 19.1. The number of ether oxygens (including phenoxy) is 1. The van der Waals surface area contributed by atoms with Gasteiger partial charge in [-0.3, -0.25) is 4.98 Å². The number of alkyl halides is 1. The van der Waals surface area contributed by atoms with Crippen LogP contribution in [0.1, 0.15) is 51.1 Å². The zero-order chi connectivity index (χ0) is 26.4. The van der Waals surface area contributed by atoms with E-state index in [0.29, 0.717) is 17.7 Å². The van der Waals surface area contributed by atoms with Crippen molar-refractivity contribution in [2.75, 3.05) is 0 Å². The van der Waals surface area contributed by atoms with Gasteiger partial charge in [0, 0.05) is 29.3 Å². The summed E-state index contributed by atoms with van der Waals surface area (Å²) < 4.78 is 22.4. The van der Waals surface area contributed by atoms with E-state index >= 15 is 0 Å². The zero-order valence-corrected chi connectivity index (χ0v) is 21.5. The molecule has 4 rings (SSSR count). The molecular weight excluding hydrogens is 461 g/mol. The number of aromatic hydroxyl groups is 1. The van der Waals surface area contributed by atoms with Gasteiger partial charge in [0.2, 0.25) is 0 Å². The Hall–Kier alpha value is -3.66. The number of allylic oxidation sites excluding steroid dienone is 2. The molecule has 6 N–H and O–H groups in total. The predicted molar refractivity (Wildman–Crippen MR) is 137 cm³/mol. The number of nitrogens with zero attached hydrogens (tertiary/aromatic N) is 4. The van der Waals surface area contributed by atoms with E-state index in [1.165, 1.54) is 12.2 Å². The van der Waals surface area contributed by atoms with E-state index in [0.717, 1.165) is 16.9 Å². The number of rotatable bonds is 5. The third kappa shape index (κ3) is 5.13. The number of nitrogens with one attached hydrogen (secondary N) is 1. The van der Waals surface area contributed by atoms with Gasteiger partial charge in [-0.15, -0.1) is 0 Å². The van der Waals surface area contributed by atoms with Gasteiger partial charge in [-0.1, -0.05) is 0 Å². The van der Waals surface area contributed by atoms with Gasteiger partial charge in [0.1, 0.15) is 17.5 Å². The van der Waals surface area contributed by atoms with E-state index < -0.39 is 17.8 Å². The quantitative estimate of drug-likeness (QED) is 0.312. The van der Waals surface area contributed by atoms with Crippen molar-refractivity contribution in [3.8, 4) is 17.0 Å². The fraction of sp³-hybridized carbons (Fsp3) is 0.423. The number of nitrogens with two attached hydrogens (primary N) is 2. The molecule has 0 bridgehead atoms. The molecule has 0 saturated carbocycles. The first-order valence-electron chi connectivity index (χ1n) is 11.8. The maximum atomic E-state index is 15.0. The van der Waals surface area contributed by atoms with Crippen LogP contribution in [0.3, 0.4) is 0 Å². The van der Waals surface area contributed by atoms with Crippen molar-refractivity contribution < 1.29 is 14.2 Å². The molecule has 1 aliphatic rings. The fourth-order valence-electron chi connectivity index (χ4n) is 4.83. The monoisotopic (exact) mass is 495 g/mol. The first kappa shape index (κ1) is 25.4. The van der Waals surface area contributed by atoms with E-state index in [1.807, 2.05) is 40.0 Å². The van der Waals surface area contributed by atoms with Gasteiger partial charge >= 0.3 is 0 Å². The molecule has 1 aliphatic heterocycles. The van der Waals surface area contributed by atoms with Crippen molar-refractivity contribution >= 4 is 11.3 Å². The van der Waals surface area contributed by atoms with Crippen LogP contribution in [0.2, 0.25) is 0 Å². The Balaban J connectivity index is 1.53. The van der Waals surface area contributed by atoms with Gasteiger partial charge in [-0.25, -0.2) is 13.9 Å². The summed E-state index contributed by atoms with van der Waals surface area (Å²) in [5.41, 5.74) is 15.3. The number of imidazole rings is 1. The molecule has 1 saturated heterocycles. The van der Waals surface area contributed by atoms with Gasteiger partial charge in [0.15, 0.2) is 17.7 Å². The van der Waals surface area contributed by atoms with Crippen LogP contribution in [-0.2, 0) is 4.74 Å². The van der Waals surface area contributed by atoms with Crippen LogP contribution < -0.4 is 16.8 Å². The van der Waals surface area contributed by atoms with Crippen LogP contribution in [0.25, 0.3) is 22.6 Å². The number of aromatic nitrogens is 4. The number of hydrogen-bond donors (Lipinski definition) is 4. The summed E-state index contributed by atoms with van der Waals surface area (Å²) in [7, 11) is 0. The van der Waals surface area contributed by atoms with Gasteiger partial charge in [-0.05, 0) is 71.4 Å². The zero-order valence-electron chi connectivity index (χ0n) is 21.5. The molecule has 10 heteroatoms. The fourth-order valence-corrected chi connectivity index (χ4v) is 4.83. The normalized spacial score (nSPS) is 22.1. The molecule has 0 amide bonds. The van der Waals surface area contributed by atoms with Crippen LogP contribution in [0.15, 0.2) is 42.6 Å². The first-order chi connectivity index (χ1) is 16.8. The number of halogens is 1. The van der Waals surface area contributed by atoms with E-state index in [1.54, 1.807) is 30.6 Å². The summed E-state index contributed by atoms with van der Waals surface area (Å²) in [5.74, 6) is -0.0833. The Morgan fingerprint density at radius 1 is 1.22 bits per heavy atom. The molecule has 4 heterocycles. The van der Waals surface area contributed by atoms with Crippen LogP contribution >= 0.6 is 0 Å². The van der Waals surface area contributed by atoms with Crippen molar-refractivity contribution in [2.45, 2.75) is 71.3 Å². The lowest BCUT2D eigenvalue weighted by molar-refractivity contribution is -0.0564. The Morgan fingerprint density at radius 3 is 2.64 bits per heavy atom. The minimum Gasteiger partial charge on any atom is -0.506 e. The molecule has 0 aliphatic carbocycles. The lowest BCUT2D eigenvalue weighted by Crippen LogP contribution is -2.66. The second-order valence-electron chi connectivity index (χ2n) is 10.6. The number of piperidine rings is 1. The van der Waals surface area contributed by atoms with Gasteiger partial charge in [-0.2, -0.15) is 5.10 Å². The second-order valence-corrected chi connectivity index (χ2v) is 10.6. The van der Waals surface area contributed by atoms with Gasteiger partial charge < -0.3 is 26.6 Å². The van der Waals surface area contributed by atoms with Crippen LogP contribution in [0.5, 0.6) is 5.75 Å². The minimum atomic E-state index is -1.25. The number of aryl methyl sites for hydroxylation is 2. The third-order valence-electron chi connectivity index (χ3n) is 6.27. The summed E-state index contributed by atoms with van der Waals surface area (Å²) >= 11 is 0. The lowest BCUT2D eigenvalue weighted by atomic mass is 9.79. The highest BCUT2D eigenvalue weighted by Crippen LogP contribution is 2.33. The average Bonchev–Trinajstić information content (AvgIpc) is 3.15. The molecule has 2 atom stereocenters. The first-order valence-corrected chi connectivity index (χ1v) is 11.8. The third-order valence-corrected chi connectivity index (χ3v) is 6.27. The average molecular weight is 496 g/mol. The van der Waals surface area contributed by atoms with Crippen molar-refractivity contribution in [1.82, 2.24) is 24.9 Å². The summed E-state index contributed by atoms with van der Waals surface area (Å²) in [6.07, 6.45) is 4.84. The van der Waals surface area contributed by atoms with E-state index in [4.69, 9.17) is 16.2 Å². The Morgan fingerprint density at radius 2 is 1.94 bits per heavy atom. The Labute approximate surface area is 210 Å². The predicted octanol–water partition coefficient (Wildman–Crippen LogP) is 3.49. The molecule has 192 valence electrons. The van der Waals surface area contributed by atoms with Crippen molar-refractivity contribution in [1.29, 1.82) is 0 Å². The van der Waals surface area contributed by atoms with E-state index in [9.17, 15) is 9.50 Å². The Bertz CT molecular complexity index is 1360. The number of fused-ring (bicyclic) bond motifs is 1. The highest BCUT2D eigenvalue weighted by molar-refractivity contribution is 5.70. The molecule has 3 aromatic rings. The van der Waals surface area contributed by atoms with Gasteiger partial charge in [0.25, 0.3) is 0 Å². The maximum Gasteiger partial charge on any atom is 0.184 e. The molecule has 0 spiro atoms. The maximum absolute atomic E-state index is 15.0. The summed E-state index contributed by atoms with van der Waals surface area (Å²) in [4.78, 5) is 8.78. The molecule has 9 nitrogen and oxygen atoms in total. The molecule has 0 radical (unpaired) electrons. The smallest absolute Gasteiger partial charge is 0.184 e. The molecule has 1 fully saturated rings. The molecule has 0 unspecified atom stereocenters. The second kappa shape index (κ2) is 9.09. The minimum absolute atomic E-state index is 0.0267.